The van der Waals surface area contributed by atoms with E-state index in [4.69, 9.17) is 28.9 Å². The van der Waals surface area contributed by atoms with E-state index in [0.717, 1.165) is 6.42 Å². The van der Waals surface area contributed by atoms with Crippen molar-refractivity contribution in [1.29, 1.82) is 0 Å². The second kappa shape index (κ2) is 6.90. The van der Waals surface area contributed by atoms with Crippen LogP contribution >= 0.6 is 23.2 Å². The normalized spacial score (nSPS) is 12.1. The highest BCUT2D eigenvalue weighted by Crippen LogP contribution is 2.30. The number of nitrogens with one attached hydrogen (secondary N) is 1. The van der Waals surface area contributed by atoms with Crippen LogP contribution in [0.4, 0.5) is 0 Å². The van der Waals surface area contributed by atoms with Gasteiger partial charge in [0.25, 0.3) is 0 Å². The van der Waals surface area contributed by atoms with Crippen LogP contribution in [0.5, 0.6) is 0 Å². The molecule has 1 aromatic carbocycles. The van der Waals surface area contributed by atoms with Crippen LogP contribution in [0.2, 0.25) is 10.0 Å². The van der Waals surface area contributed by atoms with Crippen LogP contribution in [0.3, 0.4) is 0 Å². The van der Waals surface area contributed by atoms with Crippen molar-refractivity contribution in [3.63, 3.8) is 0 Å². The fourth-order valence-corrected chi connectivity index (χ4v) is 3.51. The molecular formula is C12H18Cl2N2O2S. The van der Waals surface area contributed by atoms with E-state index >= 15 is 0 Å². The molecule has 7 heteroatoms. The summed E-state index contributed by atoms with van der Waals surface area (Å²) in [6.45, 7) is 4.51. The van der Waals surface area contributed by atoms with Gasteiger partial charge in [0.15, 0.2) is 0 Å². The van der Waals surface area contributed by atoms with Crippen LogP contribution < -0.4 is 10.5 Å². The van der Waals surface area contributed by atoms with Gasteiger partial charge in [0.2, 0.25) is 10.0 Å². The van der Waals surface area contributed by atoms with Gasteiger partial charge in [0, 0.05) is 23.7 Å². The minimum Gasteiger partial charge on any atom is -0.326 e. The molecule has 3 N–H and O–H groups in total. The predicted octanol–water partition coefficient (Wildman–Crippen LogP) is 2.78. The number of halogens is 2. The molecule has 0 amide bonds. The van der Waals surface area contributed by atoms with Crippen molar-refractivity contribution >= 4 is 33.2 Å². The maximum atomic E-state index is 12.1. The Morgan fingerprint density at radius 2 is 1.95 bits per heavy atom. The van der Waals surface area contributed by atoms with Crippen LogP contribution in [0, 0.1) is 5.92 Å². The van der Waals surface area contributed by atoms with E-state index < -0.39 is 10.0 Å². The molecule has 0 aliphatic rings. The maximum absolute atomic E-state index is 12.1. The first-order valence-electron chi connectivity index (χ1n) is 5.96. The summed E-state index contributed by atoms with van der Waals surface area (Å²) < 4.78 is 26.8. The van der Waals surface area contributed by atoms with Crippen molar-refractivity contribution in [1.82, 2.24) is 4.72 Å². The molecule has 0 heterocycles. The second-order valence-corrected chi connectivity index (χ2v) is 7.14. The lowest BCUT2D eigenvalue weighted by atomic mass is 10.1. The molecule has 1 aromatic rings. The molecular weight excluding hydrogens is 307 g/mol. The summed E-state index contributed by atoms with van der Waals surface area (Å²) >= 11 is 12.0. The zero-order chi connectivity index (χ0) is 14.6. The molecule has 0 saturated carbocycles. The van der Waals surface area contributed by atoms with Crippen LogP contribution in [-0.4, -0.2) is 15.0 Å². The molecule has 108 valence electrons. The third-order valence-corrected chi connectivity index (χ3v) is 5.06. The Hall–Kier alpha value is -0.330. The van der Waals surface area contributed by atoms with E-state index in [0.29, 0.717) is 23.0 Å². The lowest BCUT2D eigenvalue weighted by molar-refractivity contribution is 0.551. The Morgan fingerprint density at radius 3 is 2.47 bits per heavy atom. The highest BCUT2D eigenvalue weighted by Gasteiger charge is 2.20. The van der Waals surface area contributed by atoms with Crippen molar-refractivity contribution in [2.24, 2.45) is 11.7 Å². The fourth-order valence-electron chi connectivity index (χ4n) is 1.53. The van der Waals surface area contributed by atoms with Crippen molar-refractivity contribution < 1.29 is 8.42 Å². The number of nitrogens with two attached hydrogens (primary N) is 1. The molecule has 0 fully saturated rings. The van der Waals surface area contributed by atoms with E-state index in [1.807, 2.05) is 13.8 Å². The Bertz CT molecular complexity index is 545. The van der Waals surface area contributed by atoms with Crippen molar-refractivity contribution in [2.45, 2.75) is 31.7 Å². The molecule has 0 aromatic heterocycles. The number of sulfonamides is 1. The highest BCUT2D eigenvalue weighted by atomic mass is 35.5. The molecule has 0 aliphatic carbocycles. The van der Waals surface area contributed by atoms with Crippen molar-refractivity contribution in [2.75, 3.05) is 6.54 Å². The minimum atomic E-state index is -3.63. The summed E-state index contributed by atoms with van der Waals surface area (Å²) in [6.07, 6.45) is 0.758. The monoisotopic (exact) mass is 324 g/mol. The Kier molecular flexibility index (Phi) is 6.08. The fraction of sp³-hybridized carbons (Fsp3) is 0.500. The maximum Gasteiger partial charge on any atom is 0.242 e. The Labute approximate surface area is 124 Å². The average molecular weight is 325 g/mol. The summed E-state index contributed by atoms with van der Waals surface area (Å²) in [7, 11) is -3.63. The summed E-state index contributed by atoms with van der Waals surface area (Å²) in [4.78, 5) is 0.0165. The van der Waals surface area contributed by atoms with Gasteiger partial charge in [-0.2, -0.15) is 0 Å². The first kappa shape index (κ1) is 16.7. The molecule has 0 bridgehead atoms. The van der Waals surface area contributed by atoms with Crippen LogP contribution in [0.15, 0.2) is 17.0 Å². The number of benzene rings is 1. The number of hydrogen-bond donors (Lipinski definition) is 2. The minimum absolute atomic E-state index is 0.0165. The van der Waals surface area contributed by atoms with E-state index in [-0.39, 0.29) is 16.5 Å². The molecule has 0 aliphatic heterocycles. The molecule has 0 unspecified atom stereocenters. The second-order valence-electron chi connectivity index (χ2n) is 4.62. The van der Waals surface area contributed by atoms with E-state index in [2.05, 4.69) is 4.72 Å². The van der Waals surface area contributed by atoms with Crippen molar-refractivity contribution in [3.05, 3.63) is 27.7 Å². The van der Waals surface area contributed by atoms with Gasteiger partial charge in [-0.3, -0.25) is 0 Å². The topological polar surface area (TPSA) is 72.2 Å². The molecule has 0 spiro atoms. The smallest absolute Gasteiger partial charge is 0.242 e. The molecule has 1 rings (SSSR count). The zero-order valence-electron chi connectivity index (χ0n) is 10.9. The Balaban J connectivity index is 3.02. The molecule has 4 nitrogen and oxygen atoms in total. The zero-order valence-corrected chi connectivity index (χ0v) is 13.2. The summed E-state index contributed by atoms with van der Waals surface area (Å²) in [6, 6.07) is 2.88. The third-order valence-electron chi connectivity index (χ3n) is 2.66. The summed E-state index contributed by atoms with van der Waals surface area (Å²) in [5.41, 5.74) is 5.96. The quantitative estimate of drug-likeness (QED) is 0.845. The average Bonchev–Trinajstić information content (AvgIpc) is 2.28. The van der Waals surface area contributed by atoms with Gasteiger partial charge in [-0.05, 0) is 24.5 Å². The number of hydrogen-bond acceptors (Lipinski definition) is 3. The van der Waals surface area contributed by atoms with Gasteiger partial charge in [-0.1, -0.05) is 37.0 Å². The first-order chi connectivity index (χ1) is 8.79. The molecule has 0 atom stereocenters. The van der Waals surface area contributed by atoms with Gasteiger partial charge in [-0.25, -0.2) is 13.1 Å². The lowest BCUT2D eigenvalue weighted by Crippen LogP contribution is -2.26. The standard InChI is InChI=1S/C12H18Cl2N2O2S/c1-8(2)5-6-16-19(17,18)11-4-3-10(13)9(7-15)12(11)14/h3-4,8,16H,5-7,15H2,1-2H3. The van der Waals surface area contributed by atoms with E-state index in [1.54, 1.807) is 0 Å². The van der Waals surface area contributed by atoms with Gasteiger partial charge >= 0.3 is 0 Å². The van der Waals surface area contributed by atoms with Crippen LogP contribution in [-0.2, 0) is 16.6 Å². The molecule has 19 heavy (non-hydrogen) atoms. The van der Waals surface area contributed by atoms with Gasteiger partial charge < -0.3 is 5.73 Å². The summed E-state index contributed by atoms with van der Waals surface area (Å²) in [5, 5.41) is 0.459. The van der Waals surface area contributed by atoms with Crippen molar-refractivity contribution in [3.8, 4) is 0 Å². The Morgan fingerprint density at radius 1 is 1.32 bits per heavy atom. The van der Waals surface area contributed by atoms with Gasteiger partial charge in [-0.15, -0.1) is 0 Å². The first-order valence-corrected chi connectivity index (χ1v) is 8.20. The molecule has 0 saturated heterocycles. The lowest BCUT2D eigenvalue weighted by Gasteiger charge is -2.12. The van der Waals surface area contributed by atoms with Crippen LogP contribution in [0.25, 0.3) is 0 Å². The number of rotatable bonds is 6. The van der Waals surface area contributed by atoms with Gasteiger partial charge in [0.05, 0.1) is 5.02 Å². The van der Waals surface area contributed by atoms with E-state index in [1.165, 1.54) is 12.1 Å². The highest BCUT2D eigenvalue weighted by molar-refractivity contribution is 7.89. The predicted molar refractivity (Wildman–Crippen MR) is 79.0 cm³/mol. The van der Waals surface area contributed by atoms with E-state index in [9.17, 15) is 8.42 Å². The van der Waals surface area contributed by atoms with Crippen LogP contribution in [0.1, 0.15) is 25.8 Å². The largest absolute Gasteiger partial charge is 0.326 e. The van der Waals surface area contributed by atoms with Gasteiger partial charge in [0.1, 0.15) is 4.90 Å². The molecule has 0 radical (unpaired) electrons. The third kappa shape index (κ3) is 4.33. The summed E-state index contributed by atoms with van der Waals surface area (Å²) in [5.74, 6) is 0.419. The SMILES string of the molecule is CC(C)CCNS(=O)(=O)c1ccc(Cl)c(CN)c1Cl.